The van der Waals surface area contributed by atoms with Crippen molar-refractivity contribution in [2.75, 3.05) is 12.8 Å². The highest BCUT2D eigenvalue weighted by molar-refractivity contribution is 7.90. The summed E-state index contributed by atoms with van der Waals surface area (Å²) in [6.45, 7) is 2.05. The summed E-state index contributed by atoms with van der Waals surface area (Å²) in [5, 5.41) is 2.63. The lowest BCUT2D eigenvalue weighted by molar-refractivity contribution is 0.0938. The molecule has 1 atom stereocenters. The third kappa shape index (κ3) is 4.29. The number of amides is 1. The third-order valence-corrected chi connectivity index (χ3v) is 3.42. The van der Waals surface area contributed by atoms with E-state index >= 15 is 0 Å². The first-order chi connectivity index (χ1) is 7.86. The van der Waals surface area contributed by atoms with Crippen LogP contribution in [0, 0.1) is 0 Å². The molecule has 0 saturated heterocycles. The Bertz CT molecular complexity index is 517. The van der Waals surface area contributed by atoms with E-state index in [2.05, 4.69) is 5.32 Å². The molecule has 0 fully saturated rings. The number of hydrogen-bond donors (Lipinski definition) is 2. The molecule has 0 aliphatic heterocycles. The van der Waals surface area contributed by atoms with Gasteiger partial charge in [0.1, 0.15) is 0 Å². The van der Waals surface area contributed by atoms with E-state index in [1.807, 2.05) is 0 Å². The minimum absolute atomic E-state index is 0. The first-order valence-corrected chi connectivity index (χ1v) is 7.05. The van der Waals surface area contributed by atoms with Gasteiger partial charge < -0.3 is 11.1 Å². The van der Waals surface area contributed by atoms with Crippen molar-refractivity contribution in [3.63, 3.8) is 0 Å². The van der Waals surface area contributed by atoms with Gasteiger partial charge in [0.15, 0.2) is 9.84 Å². The molecule has 0 radical (unpaired) electrons. The van der Waals surface area contributed by atoms with Gasteiger partial charge in [-0.1, -0.05) is 12.1 Å². The van der Waals surface area contributed by atoms with E-state index in [0.29, 0.717) is 6.54 Å². The smallest absolute Gasteiger partial charge is 0.252 e. The fourth-order valence-electron chi connectivity index (χ4n) is 1.34. The fraction of sp³-hybridized carbons (Fsp3) is 0.364. The van der Waals surface area contributed by atoms with Crippen molar-refractivity contribution in [3.05, 3.63) is 29.8 Å². The molecule has 7 heteroatoms. The second-order valence-electron chi connectivity index (χ2n) is 3.88. The molecule has 3 N–H and O–H groups in total. The maximum atomic E-state index is 11.9. The van der Waals surface area contributed by atoms with Crippen LogP contribution < -0.4 is 11.1 Å². The molecule has 5 nitrogen and oxygen atoms in total. The molecule has 0 saturated carbocycles. The van der Waals surface area contributed by atoms with Crippen molar-refractivity contribution in [3.8, 4) is 0 Å². The van der Waals surface area contributed by atoms with Gasteiger partial charge in [0.25, 0.3) is 5.91 Å². The first-order valence-electron chi connectivity index (χ1n) is 5.16. The Balaban J connectivity index is 0.00000289. The van der Waals surface area contributed by atoms with Crippen LogP contribution in [0.3, 0.4) is 0 Å². The highest BCUT2D eigenvalue weighted by Gasteiger charge is 2.18. The number of halogens is 1. The highest BCUT2D eigenvalue weighted by Crippen LogP contribution is 2.15. The Morgan fingerprint density at radius 2 is 1.94 bits per heavy atom. The molecule has 1 aromatic rings. The first kappa shape index (κ1) is 16.9. The van der Waals surface area contributed by atoms with Crippen LogP contribution in [0.4, 0.5) is 0 Å². The molecule has 0 aromatic heterocycles. The second-order valence-corrected chi connectivity index (χ2v) is 5.86. The average molecular weight is 293 g/mol. The van der Waals surface area contributed by atoms with Gasteiger partial charge >= 0.3 is 0 Å². The molecule has 102 valence electrons. The summed E-state index contributed by atoms with van der Waals surface area (Å²) < 4.78 is 23.0. The molecule has 18 heavy (non-hydrogen) atoms. The number of benzene rings is 1. The van der Waals surface area contributed by atoms with Crippen molar-refractivity contribution in [1.29, 1.82) is 0 Å². The van der Waals surface area contributed by atoms with Crippen LogP contribution in [0.5, 0.6) is 0 Å². The average Bonchev–Trinajstić information content (AvgIpc) is 2.27. The van der Waals surface area contributed by atoms with Crippen LogP contribution in [-0.4, -0.2) is 33.2 Å². The van der Waals surface area contributed by atoms with E-state index in [4.69, 9.17) is 5.73 Å². The number of rotatable bonds is 4. The quantitative estimate of drug-likeness (QED) is 0.850. The normalized spacial score (nSPS) is 12.4. The van der Waals surface area contributed by atoms with Gasteiger partial charge in [0.05, 0.1) is 10.5 Å². The number of hydrogen-bond acceptors (Lipinski definition) is 4. The molecule has 0 spiro atoms. The standard InChI is InChI=1S/C11H16N2O3S.ClH/c1-8(7-12)13-11(14)9-5-3-4-6-10(9)17(2,15)16;/h3-6,8H,7,12H2,1-2H3,(H,13,14);1H/t8-;/m0./s1. The van der Waals surface area contributed by atoms with E-state index < -0.39 is 15.7 Å². The monoisotopic (exact) mass is 292 g/mol. The van der Waals surface area contributed by atoms with Crippen molar-refractivity contribution in [2.45, 2.75) is 17.9 Å². The Morgan fingerprint density at radius 1 is 1.39 bits per heavy atom. The minimum Gasteiger partial charge on any atom is -0.348 e. The summed E-state index contributed by atoms with van der Waals surface area (Å²) in [6.07, 6.45) is 1.07. The Morgan fingerprint density at radius 3 is 2.44 bits per heavy atom. The maximum Gasteiger partial charge on any atom is 0.252 e. The third-order valence-electron chi connectivity index (χ3n) is 2.26. The minimum atomic E-state index is -3.41. The summed E-state index contributed by atoms with van der Waals surface area (Å²) in [4.78, 5) is 11.9. The van der Waals surface area contributed by atoms with Crippen LogP contribution in [0.15, 0.2) is 29.2 Å². The molecule has 0 unspecified atom stereocenters. The van der Waals surface area contributed by atoms with Crippen molar-refractivity contribution in [2.24, 2.45) is 5.73 Å². The van der Waals surface area contributed by atoms with Crippen molar-refractivity contribution < 1.29 is 13.2 Å². The lowest BCUT2D eigenvalue weighted by atomic mass is 10.2. The van der Waals surface area contributed by atoms with E-state index in [-0.39, 0.29) is 28.9 Å². The zero-order valence-electron chi connectivity index (χ0n) is 10.2. The number of carbonyl (C=O) groups excluding carboxylic acids is 1. The number of nitrogens with one attached hydrogen (secondary N) is 1. The molecule has 0 aliphatic rings. The van der Waals surface area contributed by atoms with Gasteiger partial charge in [-0.15, -0.1) is 12.4 Å². The van der Waals surface area contributed by atoms with Gasteiger partial charge in [-0.2, -0.15) is 0 Å². The SMILES string of the molecule is C[C@@H](CN)NC(=O)c1ccccc1S(C)(=O)=O.Cl. The highest BCUT2D eigenvalue weighted by atomic mass is 35.5. The number of nitrogens with two attached hydrogens (primary N) is 1. The summed E-state index contributed by atoms with van der Waals surface area (Å²) in [5.74, 6) is -0.427. The van der Waals surface area contributed by atoms with Crippen LogP contribution in [0.25, 0.3) is 0 Å². The molecule has 0 bridgehead atoms. The van der Waals surface area contributed by atoms with Gasteiger partial charge in [0.2, 0.25) is 0 Å². The molecular weight excluding hydrogens is 276 g/mol. The topological polar surface area (TPSA) is 89.3 Å². The molecule has 1 aromatic carbocycles. The summed E-state index contributed by atoms with van der Waals surface area (Å²) in [6, 6.07) is 5.90. The summed E-state index contributed by atoms with van der Waals surface area (Å²) in [7, 11) is -3.41. The summed E-state index contributed by atoms with van der Waals surface area (Å²) >= 11 is 0. The van der Waals surface area contributed by atoms with Gasteiger partial charge in [-0.3, -0.25) is 4.79 Å². The lowest BCUT2D eigenvalue weighted by Crippen LogP contribution is -2.38. The largest absolute Gasteiger partial charge is 0.348 e. The van der Waals surface area contributed by atoms with Gasteiger partial charge in [-0.25, -0.2) is 8.42 Å². The maximum absolute atomic E-state index is 11.9. The van der Waals surface area contributed by atoms with Crippen molar-refractivity contribution in [1.82, 2.24) is 5.32 Å². The zero-order valence-corrected chi connectivity index (χ0v) is 11.8. The predicted octanol–water partition coefficient (Wildman–Crippen LogP) is 0.589. The second kappa shape index (κ2) is 6.72. The van der Waals surface area contributed by atoms with Crippen LogP contribution >= 0.6 is 12.4 Å². The number of sulfone groups is 1. The molecular formula is C11H17ClN2O3S. The van der Waals surface area contributed by atoms with E-state index in [1.165, 1.54) is 12.1 Å². The predicted molar refractivity (Wildman–Crippen MR) is 72.8 cm³/mol. The Labute approximate surface area is 113 Å². The lowest BCUT2D eigenvalue weighted by Gasteiger charge is -2.13. The fourth-order valence-corrected chi connectivity index (χ4v) is 2.22. The molecule has 1 amide bonds. The van der Waals surface area contributed by atoms with E-state index in [0.717, 1.165) is 6.26 Å². The summed E-state index contributed by atoms with van der Waals surface area (Å²) in [5.41, 5.74) is 5.54. The molecule has 0 heterocycles. The van der Waals surface area contributed by atoms with Crippen LogP contribution in [0.1, 0.15) is 17.3 Å². The van der Waals surface area contributed by atoms with Gasteiger partial charge in [0, 0.05) is 18.8 Å². The van der Waals surface area contributed by atoms with Crippen molar-refractivity contribution >= 4 is 28.2 Å². The zero-order chi connectivity index (χ0) is 13.1. The molecule has 0 aliphatic carbocycles. The van der Waals surface area contributed by atoms with E-state index in [9.17, 15) is 13.2 Å². The Kier molecular flexibility index (Phi) is 6.31. The van der Waals surface area contributed by atoms with E-state index in [1.54, 1.807) is 19.1 Å². The van der Waals surface area contributed by atoms with Gasteiger partial charge in [-0.05, 0) is 19.1 Å². The molecule has 1 rings (SSSR count). The Hall–Kier alpha value is -1.11. The number of carbonyl (C=O) groups is 1. The van der Waals surface area contributed by atoms with Crippen LogP contribution in [0.2, 0.25) is 0 Å². The van der Waals surface area contributed by atoms with Crippen LogP contribution in [-0.2, 0) is 9.84 Å².